The van der Waals surface area contributed by atoms with Gasteiger partial charge < -0.3 is 0 Å². The first kappa shape index (κ1) is 13.2. The number of benzene rings is 1. The fraction of sp³-hybridized carbons (Fsp3) is 0.429. The molecule has 0 aliphatic carbocycles. The number of allylic oxidation sites excluding steroid dienone is 1. The highest BCUT2D eigenvalue weighted by molar-refractivity contribution is 7.85. The minimum absolute atomic E-state index is 0.635. The van der Waals surface area contributed by atoms with Gasteiger partial charge in [0.2, 0.25) is 0 Å². The zero-order valence-electron chi connectivity index (χ0n) is 9.89. The summed E-state index contributed by atoms with van der Waals surface area (Å²) in [5.74, 6) is 0.635. The van der Waals surface area contributed by atoms with Gasteiger partial charge in [-0.25, -0.2) is 0 Å². The summed E-state index contributed by atoms with van der Waals surface area (Å²) in [4.78, 5) is 0.917. The molecule has 1 aromatic rings. The van der Waals surface area contributed by atoms with Gasteiger partial charge in [-0.2, -0.15) is 0 Å². The van der Waals surface area contributed by atoms with Crippen LogP contribution in [0.5, 0.6) is 0 Å². The third-order valence-electron chi connectivity index (χ3n) is 2.39. The molecule has 0 aliphatic rings. The Morgan fingerprint density at radius 2 is 1.88 bits per heavy atom. The predicted molar refractivity (Wildman–Crippen MR) is 71.0 cm³/mol. The van der Waals surface area contributed by atoms with Gasteiger partial charge in [0.25, 0.3) is 0 Å². The second-order valence-electron chi connectivity index (χ2n) is 3.79. The Morgan fingerprint density at radius 3 is 2.56 bits per heavy atom. The molecular formula is C14H20OS. The summed E-state index contributed by atoms with van der Waals surface area (Å²) in [5.41, 5.74) is 0. The van der Waals surface area contributed by atoms with Gasteiger partial charge in [-0.05, 0) is 25.0 Å². The van der Waals surface area contributed by atoms with Gasteiger partial charge >= 0.3 is 0 Å². The predicted octanol–water partition coefficient (Wildman–Crippen LogP) is 3.93. The van der Waals surface area contributed by atoms with Crippen LogP contribution in [0.3, 0.4) is 0 Å². The third kappa shape index (κ3) is 5.26. The Morgan fingerprint density at radius 1 is 1.12 bits per heavy atom. The fourth-order valence-corrected chi connectivity index (χ4v) is 2.42. The third-order valence-corrected chi connectivity index (χ3v) is 3.69. The van der Waals surface area contributed by atoms with Crippen LogP contribution in [0.2, 0.25) is 0 Å². The molecule has 1 nitrogen and oxygen atoms in total. The Hall–Kier alpha value is -0.890. The van der Waals surface area contributed by atoms with Crippen molar-refractivity contribution in [3.05, 3.63) is 42.5 Å². The van der Waals surface area contributed by atoms with Crippen molar-refractivity contribution in [3.8, 4) is 0 Å². The first-order chi connectivity index (χ1) is 7.84. The van der Waals surface area contributed by atoms with Crippen molar-refractivity contribution in [2.75, 3.05) is 5.75 Å². The largest absolute Gasteiger partial charge is 0.254 e. The van der Waals surface area contributed by atoms with Crippen molar-refractivity contribution in [1.29, 1.82) is 0 Å². The standard InChI is InChI=1S/C14H20OS/c1-2-3-4-5-6-10-13-16(15)14-11-8-7-9-12-14/h6-12H,2-5,13H2,1H3/b10-6+. The van der Waals surface area contributed by atoms with E-state index in [0.717, 1.165) is 11.3 Å². The van der Waals surface area contributed by atoms with Gasteiger partial charge in [0.05, 0.1) is 10.8 Å². The maximum absolute atomic E-state index is 11.8. The SMILES string of the molecule is CCCCC/C=C/CS(=O)c1ccccc1. The molecule has 1 rings (SSSR count). The van der Waals surface area contributed by atoms with Crippen LogP contribution in [0.25, 0.3) is 0 Å². The maximum atomic E-state index is 11.8. The van der Waals surface area contributed by atoms with E-state index in [2.05, 4.69) is 13.0 Å². The van der Waals surface area contributed by atoms with E-state index in [0.29, 0.717) is 5.75 Å². The Balaban J connectivity index is 2.25. The highest BCUT2D eigenvalue weighted by Crippen LogP contribution is 2.06. The van der Waals surface area contributed by atoms with Gasteiger partial charge in [-0.1, -0.05) is 50.1 Å². The zero-order valence-corrected chi connectivity index (χ0v) is 10.7. The molecule has 0 amide bonds. The van der Waals surface area contributed by atoms with E-state index in [1.54, 1.807) is 0 Å². The first-order valence-corrected chi connectivity index (χ1v) is 7.25. The molecule has 0 fully saturated rings. The molecule has 0 saturated heterocycles. The van der Waals surface area contributed by atoms with Crippen molar-refractivity contribution >= 4 is 10.8 Å². The van der Waals surface area contributed by atoms with E-state index in [1.165, 1.54) is 19.3 Å². The molecule has 1 atom stereocenters. The summed E-state index contributed by atoms with van der Waals surface area (Å²) in [5, 5.41) is 0. The van der Waals surface area contributed by atoms with E-state index in [1.807, 2.05) is 36.4 Å². The lowest BCUT2D eigenvalue weighted by Crippen LogP contribution is -1.94. The smallest absolute Gasteiger partial charge is 0.0567 e. The number of hydrogen-bond donors (Lipinski definition) is 0. The average molecular weight is 236 g/mol. The monoisotopic (exact) mass is 236 g/mol. The lowest BCUT2D eigenvalue weighted by Gasteiger charge is -1.97. The van der Waals surface area contributed by atoms with E-state index >= 15 is 0 Å². The quantitative estimate of drug-likeness (QED) is 0.518. The normalized spacial score (nSPS) is 13.1. The van der Waals surface area contributed by atoms with Gasteiger partial charge in [0.1, 0.15) is 0 Å². The Kier molecular flexibility index (Phi) is 6.82. The molecule has 0 spiro atoms. The summed E-state index contributed by atoms with van der Waals surface area (Å²) in [7, 11) is -0.877. The van der Waals surface area contributed by atoms with Gasteiger partial charge in [-0.3, -0.25) is 4.21 Å². The molecule has 88 valence electrons. The molecule has 2 heteroatoms. The Labute approximate surface area is 101 Å². The molecular weight excluding hydrogens is 216 g/mol. The van der Waals surface area contributed by atoms with Crippen LogP contribution in [0.15, 0.2) is 47.4 Å². The van der Waals surface area contributed by atoms with Crippen molar-refractivity contribution in [3.63, 3.8) is 0 Å². The summed E-state index contributed by atoms with van der Waals surface area (Å²) >= 11 is 0. The van der Waals surface area contributed by atoms with Crippen molar-refractivity contribution in [2.24, 2.45) is 0 Å². The van der Waals surface area contributed by atoms with E-state index in [4.69, 9.17) is 0 Å². The van der Waals surface area contributed by atoms with Gasteiger partial charge in [0.15, 0.2) is 0 Å². The average Bonchev–Trinajstić information content (AvgIpc) is 2.34. The lowest BCUT2D eigenvalue weighted by atomic mass is 10.2. The second kappa shape index (κ2) is 8.28. The molecule has 0 bridgehead atoms. The molecule has 0 aliphatic heterocycles. The minimum atomic E-state index is -0.877. The number of unbranched alkanes of at least 4 members (excludes halogenated alkanes) is 3. The molecule has 1 unspecified atom stereocenters. The van der Waals surface area contributed by atoms with Crippen LogP contribution in [0.1, 0.15) is 32.6 Å². The van der Waals surface area contributed by atoms with E-state index in [-0.39, 0.29) is 0 Å². The van der Waals surface area contributed by atoms with Crippen LogP contribution in [0.4, 0.5) is 0 Å². The van der Waals surface area contributed by atoms with Crippen molar-refractivity contribution in [2.45, 2.75) is 37.5 Å². The van der Waals surface area contributed by atoms with Gasteiger partial charge in [-0.15, -0.1) is 0 Å². The highest BCUT2D eigenvalue weighted by Gasteiger charge is 1.98. The van der Waals surface area contributed by atoms with Crippen LogP contribution in [0, 0.1) is 0 Å². The Bertz CT molecular complexity index is 330. The zero-order chi connectivity index (χ0) is 11.6. The summed E-state index contributed by atoms with van der Waals surface area (Å²) in [6, 6.07) is 9.64. The minimum Gasteiger partial charge on any atom is -0.254 e. The van der Waals surface area contributed by atoms with E-state index in [9.17, 15) is 4.21 Å². The number of hydrogen-bond acceptors (Lipinski definition) is 1. The molecule has 0 saturated carbocycles. The maximum Gasteiger partial charge on any atom is 0.0567 e. The van der Waals surface area contributed by atoms with E-state index < -0.39 is 10.8 Å². The van der Waals surface area contributed by atoms with Crippen molar-refractivity contribution < 1.29 is 4.21 Å². The number of rotatable bonds is 7. The topological polar surface area (TPSA) is 17.1 Å². The molecule has 0 aromatic heterocycles. The summed E-state index contributed by atoms with van der Waals surface area (Å²) < 4.78 is 11.8. The van der Waals surface area contributed by atoms with Crippen LogP contribution >= 0.6 is 0 Å². The van der Waals surface area contributed by atoms with Crippen LogP contribution < -0.4 is 0 Å². The highest BCUT2D eigenvalue weighted by atomic mass is 32.2. The lowest BCUT2D eigenvalue weighted by molar-refractivity contribution is 0.685. The van der Waals surface area contributed by atoms with Crippen molar-refractivity contribution in [1.82, 2.24) is 0 Å². The molecule has 0 N–H and O–H groups in total. The molecule has 1 aromatic carbocycles. The summed E-state index contributed by atoms with van der Waals surface area (Å²) in [6.07, 6.45) is 9.08. The molecule has 0 heterocycles. The molecule has 0 radical (unpaired) electrons. The second-order valence-corrected chi connectivity index (χ2v) is 5.29. The fourth-order valence-electron chi connectivity index (χ4n) is 1.45. The summed E-state index contributed by atoms with van der Waals surface area (Å²) in [6.45, 7) is 2.20. The first-order valence-electron chi connectivity index (χ1n) is 5.93. The van der Waals surface area contributed by atoms with Crippen LogP contribution in [-0.4, -0.2) is 9.96 Å². The molecule has 16 heavy (non-hydrogen) atoms. The van der Waals surface area contributed by atoms with Crippen LogP contribution in [-0.2, 0) is 10.8 Å². The van der Waals surface area contributed by atoms with Gasteiger partial charge in [0, 0.05) is 10.6 Å².